The van der Waals surface area contributed by atoms with Crippen LogP contribution < -0.4 is 0 Å². The summed E-state index contributed by atoms with van der Waals surface area (Å²) in [7, 11) is -2.30. The summed E-state index contributed by atoms with van der Waals surface area (Å²) in [4.78, 5) is 0.908. The van der Waals surface area contributed by atoms with Gasteiger partial charge in [0.25, 0.3) is 0 Å². The van der Waals surface area contributed by atoms with Crippen molar-refractivity contribution in [2.75, 3.05) is 20.2 Å². The number of para-hydroxylation sites is 1. The zero-order chi connectivity index (χ0) is 17.2. The van der Waals surface area contributed by atoms with Gasteiger partial charge in [0.2, 0.25) is 10.0 Å². The highest BCUT2D eigenvalue weighted by molar-refractivity contribution is 7.89. The molecule has 0 aliphatic carbocycles. The first-order valence-electron chi connectivity index (χ1n) is 7.30. The molecular formula is C16H17N3O3S2. The van der Waals surface area contributed by atoms with Crippen LogP contribution in [0, 0.1) is 0 Å². The van der Waals surface area contributed by atoms with E-state index in [0.29, 0.717) is 5.69 Å². The molecule has 0 amide bonds. The molecule has 0 aliphatic rings. The quantitative estimate of drug-likeness (QED) is 0.729. The predicted molar refractivity (Wildman–Crippen MR) is 93.8 cm³/mol. The molecule has 8 heteroatoms. The summed E-state index contributed by atoms with van der Waals surface area (Å²) >= 11 is 1.43. The Balaban J connectivity index is 2.16. The van der Waals surface area contributed by atoms with Gasteiger partial charge in [0, 0.05) is 13.6 Å². The highest BCUT2D eigenvalue weighted by Gasteiger charge is 2.28. The topological polar surface area (TPSA) is 75.4 Å². The maximum atomic E-state index is 12.8. The molecule has 0 saturated heterocycles. The Morgan fingerprint density at radius 1 is 1.21 bits per heavy atom. The van der Waals surface area contributed by atoms with Crippen LogP contribution in [-0.4, -0.2) is 47.8 Å². The van der Waals surface area contributed by atoms with Gasteiger partial charge < -0.3 is 5.11 Å². The molecule has 0 unspecified atom stereocenters. The Labute approximate surface area is 144 Å². The fourth-order valence-electron chi connectivity index (χ4n) is 2.27. The smallest absolute Gasteiger partial charge is 0.246 e. The lowest BCUT2D eigenvalue weighted by Gasteiger charge is -2.15. The van der Waals surface area contributed by atoms with Gasteiger partial charge in [0.15, 0.2) is 0 Å². The van der Waals surface area contributed by atoms with Gasteiger partial charge >= 0.3 is 0 Å². The molecule has 3 aromatic rings. The van der Waals surface area contributed by atoms with Crippen LogP contribution in [0.1, 0.15) is 0 Å². The number of sulfonamides is 1. The zero-order valence-corrected chi connectivity index (χ0v) is 14.7. The fourth-order valence-corrected chi connectivity index (χ4v) is 4.35. The molecule has 0 radical (unpaired) electrons. The molecule has 3 rings (SSSR count). The van der Waals surface area contributed by atoms with Gasteiger partial charge in [-0.2, -0.15) is 9.40 Å². The van der Waals surface area contributed by atoms with E-state index in [1.165, 1.54) is 24.6 Å². The number of hydrogen-bond donors (Lipinski definition) is 1. The SMILES string of the molecule is CN(CCO)S(=O)(=O)c1cn(-c2ccccc2)nc1-c1cccs1. The monoisotopic (exact) mass is 363 g/mol. The van der Waals surface area contributed by atoms with E-state index in [1.807, 2.05) is 47.8 Å². The molecule has 0 spiro atoms. The standard InChI is InChI=1S/C16H17N3O3S2/c1-18(9-10-20)24(21,22)15-12-19(13-6-3-2-4-7-13)17-16(15)14-8-5-11-23-14/h2-8,11-12,20H,9-10H2,1H3. The second kappa shape index (κ2) is 6.86. The Morgan fingerprint density at radius 3 is 2.58 bits per heavy atom. The van der Waals surface area contributed by atoms with Crippen LogP contribution in [0.5, 0.6) is 0 Å². The molecule has 0 fully saturated rings. The molecule has 126 valence electrons. The summed E-state index contributed by atoms with van der Waals surface area (Å²) in [6.07, 6.45) is 1.52. The number of aromatic nitrogens is 2. The molecule has 1 N–H and O–H groups in total. The van der Waals surface area contributed by atoms with Crippen molar-refractivity contribution in [2.24, 2.45) is 0 Å². The molecule has 1 aromatic carbocycles. The van der Waals surface area contributed by atoms with Crippen LogP contribution in [0.25, 0.3) is 16.3 Å². The first-order valence-corrected chi connectivity index (χ1v) is 9.62. The van der Waals surface area contributed by atoms with Crippen molar-refractivity contribution >= 4 is 21.4 Å². The van der Waals surface area contributed by atoms with Crippen LogP contribution in [0.3, 0.4) is 0 Å². The predicted octanol–water partition coefficient (Wildman–Crippen LogP) is 2.21. The normalized spacial score (nSPS) is 12.0. The second-order valence-corrected chi connectivity index (χ2v) is 8.11. The maximum Gasteiger partial charge on any atom is 0.246 e. The Morgan fingerprint density at radius 2 is 1.96 bits per heavy atom. The summed E-state index contributed by atoms with van der Waals surface area (Å²) in [5.74, 6) is 0. The summed E-state index contributed by atoms with van der Waals surface area (Å²) in [6.45, 7) is -0.209. The van der Waals surface area contributed by atoms with Gasteiger partial charge in [0.1, 0.15) is 10.6 Å². The van der Waals surface area contributed by atoms with Gasteiger partial charge in [-0.05, 0) is 23.6 Å². The number of aliphatic hydroxyl groups is 1. The van der Waals surface area contributed by atoms with E-state index in [0.717, 1.165) is 14.9 Å². The van der Waals surface area contributed by atoms with Crippen LogP contribution in [0.4, 0.5) is 0 Å². The Hall–Kier alpha value is -2.00. The van der Waals surface area contributed by atoms with Crippen LogP contribution >= 0.6 is 11.3 Å². The Bertz CT molecular complexity index is 903. The van der Waals surface area contributed by atoms with Crippen LogP contribution in [-0.2, 0) is 10.0 Å². The fraction of sp³-hybridized carbons (Fsp3) is 0.188. The first-order chi connectivity index (χ1) is 11.5. The van der Waals surface area contributed by atoms with Crippen molar-refractivity contribution in [3.8, 4) is 16.3 Å². The average molecular weight is 363 g/mol. The van der Waals surface area contributed by atoms with E-state index < -0.39 is 10.0 Å². The molecule has 0 bridgehead atoms. The number of nitrogens with zero attached hydrogens (tertiary/aromatic N) is 3. The molecular weight excluding hydrogens is 346 g/mol. The lowest BCUT2D eigenvalue weighted by Crippen LogP contribution is -2.29. The van der Waals surface area contributed by atoms with Gasteiger partial charge in [-0.15, -0.1) is 11.3 Å². The minimum absolute atomic E-state index is 0.0305. The van der Waals surface area contributed by atoms with Crippen molar-refractivity contribution < 1.29 is 13.5 Å². The number of likely N-dealkylation sites (N-methyl/N-ethyl adjacent to an activating group) is 1. The van der Waals surface area contributed by atoms with E-state index in [2.05, 4.69) is 5.10 Å². The second-order valence-electron chi connectivity index (χ2n) is 5.15. The Kier molecular flexibility index (Phi) is 4.81. The van der Waals surface area contributed by atoms with Crippen LogP contribution in [0.15, 0.2) is 58.9 Å². The third kappa shape index (κ3) is 3.13. The maximum absolute atomic E-state index is 12.8. The third-order valence-corrected chi connectivity index (χ3v) is 6.29. The minimum atomic E-state index is -3.75. The lowest BCUT2D eigenvalue weighted by atomic mass is 10.3. The first kappa shape index (κ1) is 16.8. The molecule has 2 aromatic heterocycles. The molecule has 0 aliphatic heterocycles. The summed E-state index contributed by atoms with van der Waals surface area (Å²) in [6, 6.07) is 13.0. The lowest BCUT2D eigenvalue weighted by molar-refractivity contribution is 0.266. The summed E-state index contributed by atoms with van der Waals surface area (Å²) in [5, 5.41) is 15.4. The third-order valence-electron chi connectivity index (χ3n) is 3.56. The molecule has 6 nitrogen and oxygen atoms in total. The van der Waals surface area contributed by atoms with E-state index in [4.69, 9.17) is 5.11 Å². The van der Waals surface area contributed by atoms with Gasteiger partial charge in [-0.3, -0.25) is 0 Å². The number of rotatable bonds is 6. The van der Waals surface area contributed by atoms with Crippen molar-refractivity contribution in [1.82, 2.24) is 14.1 Å². The van der Waals surface area contributed by atoms with Crippen molar-refractivity contribution in [3.63, 3.8) is 0 Å². The molecule has 2 heterocycles. The highest BCUT2D eigenvalue weighted by atomic mass is 32.2. The van der Waals surface area contributed by atoms with Crippen molar-refractivity contribution in [1.29, 1.82) is 0 Å². The van der Waals surface area contributed by atoms with Crippen molar-refractivity contribution in [2.45, 2.75) is 4.90 Å². The number of aliphatic hydroxyl groups excluding tert-OH is 1. The van der Waals surface area contributed by atoms with Gasteiger partial charge in [0.05, 0.1) is 23.4 Å². The van der Waals surface area contributed by atoms with E-state index >= 15 is 0 Å². The number of hydrogen-bond acceptors (Lipinski definition) is 5. The van der Waals surface area contributed by atoms with E-state index in [9.17, 15) is 8.42 Å². The summed E-state index contributed by atoms with van der Waals surface area (Å²) < 4.78 is 28.4. The van der Waals surface area contributed by atoms with E-state index in [-0.39, 0.29) is 18.0 Å². The summed E-state index contributed by atoms with van der Waals surface area (Å²) in [5.41, 5.74) is 1.19. The molecule has 24 heavy (non-hydrogen) atoms. The molecule has 0 saturated carbocycles. The highest BCUT2D eigenvalue weighted by Crippen LogP contribution is 2.31. The van der Waals surface area contributed by atoms with E-state index in [1.54, 1.807) is 4.68 Å². The number of benzene rings is 1. The van der Waals surface area contributed by atoms with Crippen molar-refractivity contribution in [3.05, 3.63) is 54.0 Å². The van der Waals surface area contributed by atoms with Crippen LogP contribution in [0.2, 0.25) is 0 Å². The number of thiophene rings is 1. The minimum Gasteiger partial charge on any atom is -0.395 e. The van der Waals surface area contributed by atoms with Gasteiger partial charge in [-0.25, -0.2) is 13.1 Å². The largest absolute Gasteiger partial charge is 0.395 e. The average Bonchev–Trinajstić information content (AvgIpc) is 3.25. The zero-order valence-electron chi connectivity index (χ0n) is 13.0. The van der Waals surface area contributed by atoms with Gasteiger partial charge in [-0.1, -0.05) is 24.3 Å². The molecule has 0 atom stereocenters.